The van der Waals surface area contributed by atoms with Gasteiger partial charge in [-0.2, -0.15) is 0 Å². The topological polar surface area (TPSA) is 87.3 Å². The monoisotopic (exact) mass is 319 g/mol. The Morgan fingerprint density at radius 3 is 1.87 bits per heavy atom. The first-order chi connectivity index (χ1) is 10.6. The number of rotatable bonds is 6. The number of carbonyl (C=O) groups excluding carboxylic acids is 3. The van der Waals surface area contributed by atoms with Crippen LogP contribution < -0.4 is 16.0 Å². The SMILES string of the molecule is CC(=O)Nc1ccc(NC(=O)C(C)(C)C(=O)NCC(C)C)cc1. The van der Waals surface area contributed by atoms with Crippen LogP contribution in [0.3, 0.4) is 0 Å². The molecule has 0 bridgehead atoms. The molecular weight excluding hydrogens is 294 g/mol. The standard InChI is InChI=1S/C17H25N3O3/c1-11(2)10-18-15(22)17(4,5)16(23)20-14-8-6-13(7-9-14)19-12(3)21/h6-9,11H,10H2,1-5H3,(H,18,22)(H,19,21)(H,20,23). The van der Waals surface area contributed by atoms with Crippen LogP contribution in [-0.4, -0.2) is 24.3 Å². The Morgan fingerprint density at radius 2 is 1.43 bits per heavy atom. The summed E-state index contributed by atoms with van der Waals surface area (Å²) in [5, 5.41) is 8.14. The average molecular weight is 319 g/mol. The molecule has 0 aliphatic heterocycles. The van der Waals surface area contributed by atoms with Crippen LogP contribution in [0.4, 0.5) is 11.4 Å². The number of carbonyl (C=O) groups is 3. The summed E-state index contributed by atoms with van der Waals surface area (Å²) >= 11 is 0. The molecule has 0 radical (unpaired) electrons. The smallest absolute Gasteiger partial charge is 0.239 e. The van der Waals surface area contributed by atoms with Gasteiger partial charge in [-0.25, -0.2) is 0 Å². The molecule has 1 rings (SSSR count). The lowest BCUT2D eigenvalue weighted by atomic mass is 9.90. The minimum Gasteiger partial charge on any atom is -0.355 e. The first-order valence-electron chi connectivity index (χ1n) is 7.60. The third-order valence-electron chi connectivity index (χ3n) is 3.27. The zero-order chi connectivity index (χ0) is 17.6. The van der Waals surface area contributed by atoms with Crippen LogP contribution in [0.15, 0.2) is 24.3 Å². The van der Waals surface area contributed by atoms with E-state index < -0.39 is 5.41 Å². The van der Waals surface area contributed by atoms with Gasteiger partial charge in [0.15, 0.2) is 0 Å². The lowest BCUT2D eigenvalue weighted by molar-refractivity contribution is -0.138. The van der Waals surface area contributed by atoms with Gasteiger partial charge < -0.3 is 16.0 Å². The molecule has 0 aliphatic carbocycles. The maximum Gasteiger partial charge on any atom is 0.239 e. The Bertz CT molecular complexity index is 577. The van der Waals surface area contributed by atoms with Crippen molar-refractivity contribution in [1.29, 1.82) is 0 Å². The molecule has 126 valence electrons. The second-order valence-electron chi connectivity index (χ2n) is 6.44. The van der Waals surface area contributed by atoms with Gasteiger partial charge in [-0.05, 0) is 44.0 Å². The molecule has 0 saturated carbocycles. The summed E-state index contributed by atoms with van der Waals surface area (Å²) in [6.45, 7) is 9.11. The third-order valence-corrected chi connectivity index (χ3v) is 3.27. The summed E-state index contributed by atoms with van der Waals surface area (Å²) < 4.78 is 0. The van der Waals surface area contributed by atoms with Gasteiger partial charge in [-0.3, -0.25) is 14.4 Å². The minimum atomic E-state index is -1.18. The maximum atomic E-state index is 12.3. The Morgan fingerprint density at radius 1 is 0.957 bits per heavy atom. The number of hydrogen-bond acceptors (Lipinski definition) is 3. The molecule has 6 nitrogen and oxygen atoms in total. The fourth-order valence-electron chi connectivity index (χ4n) is 1.75. The van der Waals surface area contributed by atoms with Crippen LogP contribution in [0.1, 0.15) is 34.6 Å². The largest absolute Gasteiger partial charge is 0.355 e. The van der Waals surface area contributed by atoms with Crippen LogP contribution in [0.25, 0.3) is 0 Å². The van der Waals surface area contributed by atoms with E-state index in [0.717, 1.165) is 0 Å². The van der Waals surface area contributed by atoms with Crippen LogP contribution >= 0.6 is 0 Å². The van der Waals surface area contributed by atoms with Crippen molar-refractivity contribution in [3.63, 3.8) is 0 Å². The Hall–Kier alpha value is -2.37. The summed E-state index contributed by atoms with van der Waals surface area (Å²) in [4.78, 5) is 35.5. The third kappa shape index (κ3) is 5.73. The molecule has 0 unspecified atom stereocenters. The second kappa shape index (κ2) is 7.76. The Labute approximate surface area is 137 Å². The summed E-state index contributed by atoms with van der Waals surface area (Å²) in [5.74, 6) is -0.534. The van der Waals surface area contributed by atoms with Crippen LogP contribution in [0.5, 0.6) is 0 Å². The molecule has 1 aromatic carbocycles. The molecule has 0 fully saturated rings. The molecule has 0 aromatic heterocycles. The zero-order valence-corrected chi connectivity index (χ0v) is 14.3. The molecule has 3 N–H and O–H groups in total. The van der Waals surface area contributed by atoms with E-state index in [1.165, 1.54) is 6.92 Å². The summed E-state index contributed by atoms with van der Waals surface area (Å²) in [6.07, 6.45) is 0. The van der Waals surface area contributed by atoms with Crippen LogP contribution in [-0.2, 0) is 14.4 Å². The molecule has 0 atom stereocenters. The highest BCUT2D eigenvalue weighted by Gasteiger charge is 2.35. The molecule has 23 heavy (non-hydrogen) atoms. The van der Waals surface area contributed by atoms with Gasteiger partial charge in [0.05, 0.1) is 0 Å². The van der Waals surface area contributed by atoms with Crippen LogP contribution in [0, 0.1) is 11.3 Å². The Balaban J connectivity index is 2.69. The van der Waals surface area contributed by atoms with Crippen molar-refractivity contribution in [2.75, 3.05) is 17.2 Å². The van der Waals surface area contributed by atoms with Crippen molar-refractivity contribution in [1.82, 2.24) is 5.32 Å². The van der Waals surface area contributed by atoms with Crippen molar-refractivity contribution < 1.29 is 14.4 Å². The fraction of sp³-hybridized carbons (Fsp3) is 0.471. The summed E-state index contributed by atoms with van der Waals surface area (Å²) in [5.41, 5.74) is 0.0313. The van der Waals surface area contributed by atoms with E-state index in [4.69, 9.17) is 0 Å². The van der Waals surface area contributed by atoms with E-state index in [-0.39, 0.29) is 17.7 Å². The van der Waals surface area contributed by atoms with Gasteiger partial charge in [0.1, 0.15) is 5.41 Å². The van der Waals surface area contributed by atoms with E-state index in [1.54, 1.807) is 38.1 Å². The molecule has 0 aliphatic rings. The highest BCUT2D eigenvalue weighted by Crippen LogP contribution is 2.20. The predicted octanol–water partition coefficient (Wildman–Crippen LogP) is 2.38. The molecule has 3 amide bonds. The molecular formula is C17H25N3O3. The zero-order valence-electron chi connectivity index (χ0n) is 14.3. The van der Waals surface area contributed by atoms with Crippen molar-refractivity contribution in [2.45, 2.75) is 34.6 Å². The number of anilines is 2. The van der Waals surface area contributed by atoms with E-state index in [2.05, 4.69) is 16.0 Å². The molecule has 0 heterocycles. The van der Waals surface area contributed by atoms with Gasteiger partial charge in [-0.15, -0.1) is 0 Å². The first kappa shape index (κ1) is 18.7. The molecule has 0 spiro atoms. The van der Waals surface area contributed by atoms with E-state index in [9.17, 15) is 14.4 Å². The maximum absolute atomic E-state index is 12.3. The number of benzene rings is 1. The van der Waals surface area contributed by atoms with Gasteiger partial charge in [0.25, 0.3) is 0 Å². The number of amides is 3. The quantitative estimate of drug-likeness (QED) is 0.704. The molecule has 1 aromatic rings. The van der Waals surface area contributed by atoms with Gasteiger partial charge >= 0.3 is 0 Å². The van der Waals surface area contributed by atoms with E-state index >= 15 is 0 Å². The highest BCUT2D eigenvalue weighted by atomic mass is 16.2. The highest BCUT2D eigenvalue weighted by molar-refractivity contribution is 6.09. The normalized spacial score (nSPS) is 11.0. The second-order valence-corrected chi connectivity index (χ2v) is 6.44. The van der Waals surface area contributed by atoms with Crippen molar-refractivity contribution in [2.24, 2.45) is 11.3 Å². The predicted molar refractivity (Wildman–Crippen MR) is 91.0 cm³/mol. The van der Waals surface area contributed by atoms with Crippen molar-refractivity contribution in [3.8, 4) is 0 Å². The molecule has 0 saturated heterocycles. The van der Waals surface area contributed by atoms with E-state index in [1.807, 2.05) is 13.8 Å². The van der Waals surface area contributed by atoms with E-state index in [0.29, 0.717) is 23.8 Å². The van der Waals surface area contributed by atoms with Gasteiger partial charge in [0.2, 0.25) is 17.7 Å². The number of nitrogens with one attached hydrogen (secondary N) is 3. The van der Waals surface area contributed by atoms with Gasteiger partial charge in [-0.1, -0.05) is 13.8 Å². The van der Waals surface area contributed by atoms with Gasteiger partial charge in [0, 0.05) is 24.8 Å². The van der Waals surface area contributed by atoms with Crippen molar-refractivity contribution >= 4 is 29.1 Å². The molecule has 6 heteroatoms. The van der Waals surface area contributed by atoms with Crippen LogP contribution in [0.2, 0.25) is 0 Å². The minimum absolute atomic E-state index is 0.162. The van der Waals surface area contributed by atoms with Crippen molar-refractivity contribution in [3.05, 3.63) is 24.3 Å². The average Bonchev–Trinajstić information content (AvgIpc) is 2.45. The first-order valence-corrected chi connectivity index (χ1v) is 7.60. The number of hydrogen-bond donors (Lipinski definition) is 3. The summed E-state index contributed by atoms with van der Waals surface area (Å²) in [7, 11) is 0. The lowest BCUT2D eigenvalue weighted by Gasteiger charge is -2.23. The Kier molecular flexibility index (Phi) is 6.30. The summed E-state index contributed by atoms with van der Waals surface area (Å²) in [6, 6.07) is 6.71. The fourth-order valence-corrected chi connectivity index (χ4v) is 1.75. The lowest BCUT2D eigenvalue weighted by Crippen LogP contribution is -2.46.